The average molecular weight is 182 g/mol. The Kier molecular flexibility index (Phi) is 3.92. The molecule has 74 valence electrons. The zero-order valence-corrected chi connectivity index (χ0v) is 8.54. The van der Waals surface area contributed by atoms with Crippen molar-refractivity contribution in [1.82, 2.24) is 20.4 Å². The van der Waals surface area contributed by atoms with Crippen molar-refractivity contribution in [2.24, 2.45) is 7.05 Å². The van der Waals surface area contributed by atoms with E-state index in [0.717, 1.165) is 13.1 Å². The Morgan fingerprint density at radius 3 is 2.92 bits per heavy atom. The number of aromatic nitrogens is 2. The molecule has 0 aliphatic carbocycles. The minimum atomic E-state index is 0.486. The van der Waals surface area contributed by atoms with Crippen LogP contribution in [-0.2, 0) is 13.6 Å². The fraction of sp³-hybridized carbons (Fsp3) is 0.667. The van der Waals surface area contributed by atoms with Crippen LogP contribution in [0.5, 0.6) is 0 Å². The molecule has 0 fully saturated rings. The molecule has 2 N–H and O–H groups in total. The van der Waals surface area contributed by atoms with E-state index in [2.05, 4.69) is 22.7 Å². The van der Waals surface area contributed by atoms with E-state index in [0.29, 0.717) is 6.04 Å². The quantitative estimate of drug-likeness (QED) is 0.679. The molecule has 1 rings (SSSR count). The highest BCUT2D eigenvalue weighted by molar-refractivity contribution is 4.99. The Morgan fingerprint density at radius 1 is 1.62 bits per heavy atom. The molecule has 4 nitrogen and oxygen atoms in total. The van der Waals surface area contributed by atoms with Crippen LogP contribution < -0.4 is 10.6 Å². The Morgan fingerprint density at radius 2 is 2.38 bits per heavy atom. The van der Waals surface area contributed by atoms with Gasteiger partial charge in [-0.1, -0.05) is 0 Å². The third-order valence-electron chi connectivity index (χ3n) is 2.06. The summed E-state index contributed by atoms with van der Waals surface area (Å²) in [6.45, 7) is 4.02. The Balaban J connectivity index is 2.30. The molecule has 0 amide bonds. The van der Waals surface area contributed by atoms with E-state index in [-0.39, 0.29) is 0 Å². The van der Waals surface area contributed by atoms with Crippen LogP contribution in [0.25, 0.3) is 0 Å². The van der Waals surface area contributed by atoms with Crippen molar-refractivity contribution < 1.29 is 0 Å². The van der Waals surface area contributed by atoms with E-state index in [1.54, 1.807) is 0 Å². The molecule has 0 aromatic carbocycles. The lowest BCUT2D eigenvalue weighted by atomic mass is 10.3. The summed E-state index contributed by atoms with van der Waals surface area (Å²) in [5, 5.41) is 10.6. The average Bonchev–Trinajstić information content (AvgIpc) is 2.48. The molecule has 0 spiro atoms. The van der Waals surface area contributed by atoms with Crippen molar-refractivity contribution in [2.45, 2.75) is 19.5 Å². The van der Waals surface area contributed by atoms with Crippen molar-refractivity contribution >= 4 is 0 Å². The number of aryl methyl sites for hydroxylation is 1. The molecule has 0 aliphatic rings. The number of rotatable bonds is 5. The lowest BCUT2D eigenvalue weighted by Crippen LogP contribution is -2.34. The maximum Gasteiger partial charge on any atom is 0.0518 e. The number of nitrogens with zero attached hydrogens (tertiary/aromatic N) is 2. The summed E-state index contributed by atoms with van der Waals surface area (Å²) in [6.07, 6.45) is 1.82. The molecule has 0 radical (unpaired) electrons. The smallest absolute Gasteiger partial charge is 0.0518 e. The molecule has 1 aromatic heterocycles. The summed E-state index contributed by atoms with van der Waals surface area (Å²) in [5.41, 5.74) is 1.21. The second-order valence-corrected chi connectivity index (χ2v) is 3.29. The second-order valence-electron chi connectivity index (χ2n) is 3.29. The van der Waals surface area contributed by atoms with Crippen LogP contribution in [-0.4, -0.2) is 29.4 Å². The summed E-state index contributed by atoms with van der Waals surface area (Å²) < 4.78 is 1.89. The molecule has 0 saturated carbocycles. The SMILES string of the molecule is CNCC(C)NCc1ccnn1C. The van der Waals surface area contributed by atoms with Crippen LogP contribution in [0.2, 0.25) is 0 Å². The highest BCUT2D eigenvalue weighted by atomic mass is 15.3. The van der Waals surface area contributed by atoms with Crippen molar-refractivity contribution in [2.75, 3.05) is 13.6 Å². The zero-order chi connectivity index (χ0) is 9.68. The highest BCUT2D eigenvalue weighted by Gasteiger charge is 2.01. The van der Waals surface area contributed by atoms with Crippen LogP contribution in [0.1, 0.15) is 12.6 Å². The van der Waals surface area contributed by atoms with Gasteiger partial charge in [0.15, 0.2) is 0 Å². The largest absolute Gasteiger partial charge is 0.318 e. The van der Waals surface area contributed by atoms with E-state index >= 15 is 0 Å². The van der Waals surface area contributed by atoms with Gasteiger partial charge in [0.25, 0.3) is 0 Å². The first-order valence-electron chi connectivity index (χ1n) is 4.59. The molecule has 4 heteroatoms. The summed E-state index contributed by atoms with van der Waals surface area (Å²) in [5.74, 6) is 0. The van der Waals surface area contributed by atoms with Crippen molar-refractivity contribution in [3.63, 3.8) is 0 Å². The number of hydrogen-bond donors (Lipinski definition) is 2. The number of nitrogens with one attached hydrogen (secondary N) is 2. The standard InChI is InChI=1S/C9H18N4/c1-8(6-10-2)11-7-9-4-5-12-13(9)3/h4-5,8,10-11H,6-7H2,1-3H3. The van der Waals surface area contributed by atoms with Gasteiger partial charge in [-0.3, -0.25) is 4.68 Å². The van der Waals surface area contributed by atoms with Gasteiger partial charge in [0, 0.05) is 32.4 Å². The fourth-order valence-electron chi connectivity index (χ4n) is 1.23. The van der Waals surface area contributed by atoms with Crippen LogP contribution in [0.4, 0.5) is 0 Å². The van der Waals surface area contributed by atoms with Gasteiger partial charge in [-0.25, -0.2) is 0 Å². The van der Waals surface area contributed by atoms with E-state index in [1.807, 2.05) is 31.0 Å². The zero-order valence-electron chi connectivity index (χ0n) is 8.54. The minimum absolute atomic E-state index is 0.486. The van der Waals surface area contributed by atoms with Crippen molar-refractivity contribution in [1.29, 1.82) is 0 Å². The van der Waals surface area contributed by atoms with Crippen LogP contribution in [0.15, 0.2) is 12.3 Å². The fourth-order valence-corrected chi connectivity index (χ4v) is 1.23. The normalized spacial score (nSPS) is 13.2. The van der Waals surface area contributed by atoms with Gasteiger partial charge >= 0.3 is 0 Å². The molecule has 0 bridgehead atoms. The highest BCUT2D eigenvalue weighted by Crippen LogP contribution is 1.95. The first-order chi connectivity index (χ1) is 6.24. The van der Waals surface area contributed by atoms with Gasteiger partial charge in [0.05, 0.1) is 5.69 Å². The van der Waals surface area contributed by atoms with E-state index in [9.17, 15) is 0 Å². The monoisotopic (exact) mass is 182 g/mol. The first kappa shape index (κ1) is 10.2. The van der Waals surface area contributed by atoms with Crippen LogP contribution in [0.3, 0.4) is 0 Å². The van der Waals surface area contributed by atoms with Gasteiger partial charge in [0.2, 0.25) is 0 Å². The molecule has 1 aromatic rings. The maximum absolute atomic E-state index is 4.10. The second kappa shape index (κ2) is 4.99. The van der Waals surface area contributed by atoms with Crippen LogP contribution in [0, 0.1) is 0 Å². The number of likely N-dealkylation sites (N-methyl/N-ethyl adjacent to an activating group) is 1. The summed E-state index contributed by atoms with van der Waals surface area (Å²) >= 11 is 0. The Bertz CT molecular complexity index is 244. The summed E-state index contributed by atoms with van der Waals surface area (Å²) in [7, 11) is 3.92. The predicted octanol–water partition coefficient (Wildman–Crippen LogP) is 0.118. The van der Waals surface area contributed by atoms with Gasteiger partial charge in [0.1, 0.15) is 0 Å². The van der Waals surface area contributed by atoms with Gasteiger partial charge in [-0.05, 0) is 20.0 Å². The maximum atomic E-state index is 4.10. The molecule has 0 saturated heterocycles. The topological polar surface area (TPSA) is 41.9 Å². The molecule has 1 heterocycles. The van der Waals surface area contributed by atoms with Gasteiger partial charge in [-0.2, -0.15) is 5.10 Å². The molecular weight excluding hydrogens is 164 g/mol. The Labute approximate surface area is 79.3 Å². The first-order valence-corrected chi connectivity index (χ1v) is 4.59. The molecule has 13 heavy (non-hydrogen) atoms. The van der Waals surface area contributed by atoms with Crippen molar-refractivity contribution in [3.05, 3.63) is 18.0 Å². The molecule has 1 atom stereocenters. The summed E-state index contributed by atoms with van der Waals surface area (Å²) in [6, 6.07) is 2.51. The van der Waals surface area contributed by atoms with E-state index in [4.69, 9.17) is 0 Å². The summed E-state index contributed by atoms with van der Waals surface area (Å²) in [4.78, 5) is 0. The van der Waals surface area contributed by atoms with E-state index < -0.39 is 0 Å². The molecule has 0 aliphatic heterocycles. The lowest BCUT2D eigenvalue weighted by molar-refractivity contribution is 0.508. The molecule has 1 unspecified atom stereocenters. The third kappa shape index (κ3) is 3.16. The van der Waals surface area contributed by atoms with Crippen LogP contribution >= 0.6 is 0 Å². The lowest BCUT2D eigenvalue weighted by Gasteiger charge is -2.12. The van der Waals surface area contributed by atoms with E-state index in [1.165, 1.54) is 5.69 Å². The van der Waals surface area contributed by atoms with Crippen molar-refractivity contribution in [3.8, 4) is 0 Å². The Hall–Kier alpha value is -0.870. The van der Waals surface area contributed by atoms with Gasteiger partial charge in [-0.15, -0.1) is 0 Å². The minimum Gasteiger partial charge on any atom is -0.318 e. The number of hydrogen-bond acceptors (Lipinski definition) is 3. The predicted molar refractivity (Wildman–Crippen MR) is 53.4 cm³/mol. The third-order valence-corrected chi connectivity index (χ3v) is 2.06. The van der Waals surface area contributed by atoms with Gasteiger partial charge < -0.3 is 10.6 Å². The molecular formula is C9H18N4.